The van der Waals surface area contributed by atoms with Crippen molar-refractivity contribution in [3.05, 3.63) is 58.6 Å². The maximum absolute atomic E-state index is 12.6. The summed E-state index contributed by atoms with van der Waals surface area (Å²) in [4.78, 5) is 14.9. The van der Waals surface area contributed by atoms with Gasteiger partial charge in [-0.3, -0.25) is 4.90 Å². The lowest BCUT2D eigenvalue weighted by Crippen LogP contribution is -2.44. The zero-order valence-electron chi connectivity index (χ0n) is 17.6. The minimum Gasteiger partial charge on any atom is -0.493 e. The van der Waals surface area contributed by atoms with Crippen molar-refractivity contribution in [2.75, 3.05) is 33.4 Å². The Hall–Kier alpha value is -2.28. The van der Waals surface area contributed by atoms with Crippen LogP contribution < -0.4 is 9.47 Å². The predicted octanol–water partition coefficient (Wildman–Crippen LogP) is 4.19. The third-order valence-corrected chi connectivity index (χ3v) is 4.97. The molecule has 0 amide bonds. The highest BCUT2D eigenvalue weighted by atomic mass is 35.5. The fourth-order valence-electron chi connectivity index (χ4n) is 3.31. The van der Waals surface area contributed by atoms with E-state index in [9.17, 15) is 4.79 Å². The number of nitrogens with zero attached hydrogens (tertiary/aromatic N) is 1. The lowest BCUT2D eigenvalue weighted by atomic mass is 10.2. The van der Waals surface area contributed by atoms with Crippen LogP contribution in [-0.2, 0) is 16.0 Å². The van der Waals surface area contributed by atoms with Crippen LogP contribution in [0.15, 0.2) is 42.5 Å². The van der Waals surface area contributed by atoms with E-state index in [4.69, 9.17) is 30.5 Å². The fourth-order valence-corrected chi connectivity index (χ4v) is 3.56. The largest absolute Gasteiger partial charge is 0.493 e. The Kier molecular flexibility index (Phi) is 7.96. The molecule has 1 aliphatic rings. The first-order chi connectivity index (χ1) is 14.5. The van der Waals surface area contributed by atoms with Crippen LogP contribution in [0.5, 0.6) is 11.5 Å². The molecule has 2 aromatic rings. The second-order valence-electron chi connectivity index (χ2n) is 7.47. The quantitative estimate of drug-likeness (QED) is 0.582. The Morgan fingerprint density at radius 1 is 1.27 bits per heavy atom. The Labute approximate surface area is 182 Å². The molecular weight excluding hydrogens is 406 g/mol. The second-order valence-corrected chi connectivity index (χ2v) is 7.88. The van der Waals surface area contributed by atoms with Gasteiger partial charge < -0.3 is 18.9 Å². The molecule has 2 aromatic carbocycles. The number of rotatable bonds is 8. The summed E-state index contributed by atoms with van der Waals surface area (Å²) in [6.07, 6.45) is -0.246. The zero-order valence-corrected chi connectivity index (χ0v) is 18.4. The van der Waals surface area contributed by atoms with Crippen LogP contribution in [0.4, 0.5) is 0 Å². The first kappa shape index (κ1) is 22.4. The lowest BCUT2D eigenvalue weighted by molar-refractivity contribution is -0.0612. The molecule has 0 aromatic heterocycles. The molecule has 7 heteroatoms. The molecule has 1 heterocycles. The highest BCUT2D eigenvalue weighted by molar-refractivity contribution is 6.32. The second kappa shape index (κ2) is 10.7. The van der Waals surface area contributed by atoms with E-state index >= 15 is 0 Å². The third kappa shape index (κ3) is 6.11. The summed E-state index contributed by atoms with van der Waals surface area (Å²) in [5.41, 5.74) is 1.56. The molecule has 30 heavy (non-hydrogen) atoms. The van der Waals surface area contributed by atoms with E-state index in [1.54, 1.807) is 6.07 Å². The van der Waals surface area contributed by atoms with Crippen LogP contribution in [0.2, 0.25) is 5.02 Å². The van der Waals surface area contributed by atoms with Crippen molar-refractivity contribution in [1.82, 2.24) is 4.90 Å². The Bertz CT molecular complexity index is 843. The van der Waals surface area contributed by atoms with Gasteiger partial charge in [-0.2, -0.15) is 0 Å². The minimum absolute atomic E-state index is 0.0727. The van der Waals surface area contributed by atoms with Gasteiger partial charge in [-0.15, -0.1) is 0 Å². The van der Waals surface area contributed by atoms with E-state index < -0.39 is 5.97 Å². The summed E-state index contributed by atoms with van der Waals surface area (Å²) < 4.78 is 22.3. The summed E-state index contributed by atoms with van der Waals surface area (Å²) in [7, 11) is 1.51. The Balaban J connectivity index is 1.57. The van der Waals surface area contributed by atoms with Gasteiger partial charge in [0.15, 0.2) is 11.5 Å². The normalized spacial score (nSPS) is 17.0. The molecule has 162 valence electrons. The zero-order chi connectivity index (χ0) is 21.5. The molecule has 1 fully saturated rings. The van der Waals surface area contributed by atoms with Gasteiger partial charge in [0.2, 0.25) is 0 Å². The molecule has 0 N–H and O–H groups in total. The van der Waals surface area contributed by atoms with Crippen LogP contribution in [-0.4, -0.2) is 56.5 Å². The van der Waals surface area contributed by atoms with Crippen LogP contribution in [0.25, 0.3) is 0 Å². The number of carbonyl (C=O) groups excluding carboxylic acids is 1. The molecule has 0 bridgehead atoms. The number of ether oxygens (including phenoxy) is 4. The number of hydrogen-bond donors (Lipinski definition) is 0. The van der Waals surface area contributed by atoms with Crippen LogP contribution in [0.3, 0.4) is 0 Å². The van der Waals surface area contributed by atoms with Gasteiger partial charge in [0, 0.05) is 19.6 Å². The molecule has 0 radical (unpaired) electrons. The molecule has 0 unspecified atom stereocenters. The number of halogens is 1. The highest BCUT2D eigenvalue weighted by Crippen LogP contribution is 2.37. The average Bonchev–Trinajstić information content (AvgIpc) is 2.74. The van der Waals surface area contributed by atoms with E-state index in [0.29, 0.717) is 35.2 Å². The molecule has 1 atom stereocenters. The number of benzene rings is 2. The number of hydrogen-bond acceptors (Lipinski definition) is 6. The Morgan fingerprint density at radius 2 is 2.03 bits per heavy atom. The van der Waals surface area contributed by atoms with E-state index in [2.05, 4.69) is 17.0 Å². The monoisotopic (exact) mass is 433 g/mol. The van der Waals surface area contributed by atoms with Gasteiger partial charge in [0.1, 0.15) is 12.7 Å². The third-order valence-electron chi connectivity index (χ3n) is 4.69. The van der Waals surface area contributed by atoms with Gasteiger partial charge in [0.05, 0.1) is 30.4 Å². The molecule has 1 saturated heterocycles. The van der Waals surface area contributed by atoms with Gasteiger partial charge in [0.25, 0.3) is 0 Å². The first-order valence-corrected chi connectivity index (χ1v) is 10.4. The first-order valence-electron chi connectivity index (χ1n) is 10.1. The maximum atomic E-state index is 12.6. The fraction of sp³-hybridized carbons (Fsp3) is 0.435. The van der Waals surface area contributed by atoms with Crippen LogP contribution >= 0.6 is 11.6 Å². The van der Waals surface area contributed by atoms with Gasteiger partial charge in [-0.05, 0) is 31.5 Å². The van der Waals surface area contributed by atoms with Crippen molar-refractivity contribution in [2.24, 2.45) is 0 Å². The highest BCUT2D eigenvalue weighted by Gasteiger charge is 2.23. The van der Waals surface area contributed by atoms with Crippen LogP contribution in [0.1, 0.15) is 29.8 Å². The molecule has 6 nitrogen and oxygen atoms in total. The molecular formula is C23H28ClNO5. The maximum Gasteiger partial charge on any atom is 0.338 e. The van der Waals surface area contributed by atoms with Gasteiger partial charge in [-0.1, -0.05) is 41.9 Å². The van der Waals surface area contributed by atoms with Gasteiger partial charge in [-0.25, -0.2) is 4.79 Å². The summed E-state index contributed by atoms with van der Waals surface area (Å²) in [6, 6.07) is 13.4. The van der Waals surface area contributed by atoms with E-state index in [-0.39, 0.29) is 18.8 Å². The SMILES string of the molecule is COc1cc(C(=O)OC[C@@H]2CN(Cc3ccccc3)CCO2)cc(Cl)c1OC(C)C. The average molecular weight is 434 g/mol. The van der Waals surface area contributed by atoms with Crippen molar-refractivity contribution >= 4 is 17.6 Å². The molecule has 1 aliphatic heterocycles. The summed E-state index contributed by atoms with van der Waals surface area (Å²) in [5.74, 6) is 0.332. The van der Waals surface area contributed by atoms with E-state index in [1.165, 1.54) is 18.7 Å². The Morgan fingerprint density at radius 3 is 2.73 bits per heavy atom. The number of esters is 1. The van der Waals surface area contributed by atoms with Crippen molar-refractivity contribution in [3.63, 3.8) is 0 Å². The minimum atomic E-state index is -0.477. The predicted molar refractivity (Wildman–Crippen MR) is 116 cm³/mol. The van der Waals surface area contributed by atoms with E-state index in [0.717, 1.165) is 13.1 Å². The molecule has 0 spiro atoms. The molecule has 3 rings (SSSR count). The summed E-state index contributed by atoms with van der Waals surface area (Å²) >= 11 is 6.30. The molecule has 0 saturated carbocycles. The molecule has 0 aliphatic carbocycles. The van der Waals surface area contributed by atoms with Crippen molar-refractivity contribution in [3.8, 4) is 11.5 Å². The van der Waals surface area contributed by atoms with E-state index in [1.807, 2.05) is 32.0 Å². The number of methoxy groups -OCH3 is 1. The van der Waals surface area contributed by atoms with Crippen molar-refractivity contribution < 1.29 is 23.7 Å². The topological polar surface area (TPSA) is 57.2 Å². The summed E-state index contributed by atoms with van der Waals surface area (Å²) in [5, 5.41) is 0.304. The van der Waals surface area contributed by atoms with Gasteiger partial charge >= 0.3 is 5.97 Å². The lowest BCUT2D eigenvalue weighted by Gasteiger charge is -2.32. The number of carbonyl (C=O) groups is 1. The standard InChI is InChI=1S/C23H28ClNO5/c1-16(2)30-22-20(24)11-18(12-21(22)27-3)23(26)29-15-19-14-25(9-10-28-19)13-17-7-5-4-6-8-17/h4-8,11-12,16,19H,9-10,13-15H2,1-3H3/t19-/m0/s1. The number of morpholine rings is 1. The smallest absolute Gasteiger partial charge is 0.338 e. The van der Waals surface area contributed by atoms with Crippen molar-refractivity contribution in [2.45, 2.75) is 32.6 Å². The van der Waals surface area contributed by atoms with Crippen molar-refractivity contribution in [1.29, 1.82) is 0 Å². The summed E-state index contributed by atoms with van der Waals surface area (Å²) in [6.45, 7) is 6.96. The van der Waals surface area contributed by atoms with Crippen LogP contribution in [0, 0.1) is 0 Å².